The largest absolute Gasteiger partial charge is 0.508 e. The van der Waals surface area contributed by atoms with Crippen molar-refractivity contribution in [3.63, 3.8) is 0 Å². The molecule has 10 nitrogen and oxygen atoms in total. The molecule has 0 saturated carbocycles. The van der Waals surface area contributed by atoms with Gasteiger partial charge in [-0.25, -0.2) is 18.4 Å². The Balaban J connectivity index is 1.42. The topological polar surface area (TPSA) is 120 Å². The van der Waals surface area contributed by atoms with Crippen LogP contribution in [0.25, 0.3) is 32.8 Å². The number of amides is 1. The average molecular weight is 669 g/mol. The maximum absolute atomic E-state index is 16.7. The van der Waals surface area contributed by atoms with Gasteiger partial charge >= 0.3 is 6.09 Å². The number of aromatic nitrogens is 2. The van der Waals surface area contributed by atoms with E-state index in [0.717, 1.165) is 10.8 Å². The van der Waals surface area contributed by atoms with Crippen molar-refractivity contribution in [2.75, 3.05) is 43.6 Å². The van der Waals surface area contributed by atoms with Gasteiger partial charge in [0.25, 0.3) is 0 Å². The second kappa shape index (κ2) is 12.1. The van der Waals surface area contributed by atoms with Crippen molar-refractivity contribution in [1.29, 1.82) is 0 Å². The van der Waals surface area contributed by atoms with Gasteiger partial charge in [-0.1, -0.05) is 35.9 Å². The number of benzene rings is 3. The van der Waals surface area contributed by atoms with Crippen LogP contribution in [0, 0.1) is 5.82 Å². The predicted octanol–water partition coefficient (Wildman–Crippen LogP) is 6.48. The number of ether oxygens (including phenoxy) is 1. The van der Waals surface area contributed by atoms with Crippen LogP contribution in [0.2, 0.25) is 5.02 Å². The summed E-state index contributed by atoms with van der Waals surface area (Å²) < 4.78 is 40.9. The Labute approximate surface area is 273 Å². The number of hydrogen-bond acceptors (Lipinski definition) is 9. The van der Waals surface area contributed by atoms with Crippen molar-refractivity contribution < 1.29 is 23.2 Å². The highest BCUT2D eigenvalue weighted by molar-refractivity contribution is 7.93. The van der Waals surface area contributed by atoms with Gasteiger partial charge in [0.1, 0.15) is 16.9 Å². The van der Waals surface area contributed by atoms with Gasteiger partial charge in [-0.2, -0.15) is 9.35 Å². The first-order valence-electron chi connectivity index (χ1n) is 15.2. The summed E-state index contributed by atoms with van der Waals surface area (Å²) in [5.41, 5.74) is -0.0883. The van der Waals surface area contributed by atoms with Gasteiger partial charge in [-0.05, 0) is 82.2 Å². The number of hydrogen-bond donors (Lipinski definition) is 2. The second-order valence-corrected chi connectivity index (χ2v) is 16.2. The lowest BCUT2D eigenvalue weighted by Crippen LogP contribution is -2.58. The van der Waals surface area contributed by atoms with E-state index in [1.165, 1.54) is 6.07 Å². The number of phenolic OH excluding ortho intramolecular Hbond substituents is 1. The van der Waals surface area contributed by atoms with Gasteiger partial charge in [0, 0.05) is 42.2 Å². The number of rotatable bonds is 5. The summed E-state index contributed by atoms with van der Waals surface area (Å²) >= 11 is 6.80. The van der Waals surface area contributed by atoms with Crippen molar-refractivity contribution in [1.82, 2.24) is 20.2 Å². The van der Waals surface area contributed by atoms with Crippen molar-refractivity contribution in [2.45, 2.75) is 51.3 Å². The minimum atomic E-state index is -2.80. The average Bonchev–Trinajstić information content (AvgIpc) is 2.93. The standard InChI is InChI=1S/C33H38ClFN6O4S/c1-33(2,3)45-32(43)36-20-10-12-46(44,13-11-20)39-30-25-16-26(34)27(24-15-22(42)14-19-8-6-7-9-23(19)24)28(35)29(25)37-31(38-30)41-17-21(18-41)40(4)5/h6-9,14-16,20-21,42H,10-13,17-18H2,1-5H3,(H,36,43). The number of nitrogens with one attached hydrogen (secondary N) is 1. The first kappa shape index (κ1) is 32.2. The van der Waals surface area contributed by atoms with Crippen LogP contribution in [0.3, 0.4) is 0 Å². The Morgan fingerprint density at radius 3 is 2.50 bits per heavy atom. The van der Waals surface area contributed by atoms with Gasteiger partial charge < -0.3 is 25.0 Å². The lowest BCUT2D eigenvalue weighted by atomic mass is 9.96. The molecule has 1 aromatic heterocycles. The van der Waals surface area contributed by atoms with Crippen LogP contribution < -0.4 is 10.2 Å². The summed E-state index contributed by atoms with van der Waals surface area (Å²) in [7, 11) is 1.19. The second-order valence-electron chi connectivity index (χ2n) is 13.2. The molecule has 0 aliphatic carbocycles. The van der Waals surface area contributed by atoms with Crippen molar-refractivity contribution >= 4 is 60.9 Å². The molecule has 3 heterocycles. The van der Waals surface area contributed by atoms with Crippen LogP contribution in [-0.4, -0.2) is 86.7 Å². The normalized spacial score (nSPS) is 20.6. The highest BCUT2D eigenvalue weighted by Gasteiger charge is 2.32. The molecule has 4 aromatic rings. The summed E-state index contributed by atoms with van der Waals surface area (Å²) in [4.78, 5) is 25.7. The molecule has 0 radical (unpaired) electrons. The highest BCUT2D eigenvalue weighted by Crippen LogP contribution is 2.43. The van der Waals surface area contributed by atoms with Crippen molar-refractivity contribution in [3.8, 4) is 16.9 Å². The molecule has 2 fully saturated rings. The smallest absolute Gasteiger partial charge is 0.407 e. The van der Waals surface area contributed by atoms with E-state index in [-0.39, 0.29) is 56.6 Å². The summed E-state index contributed by atoms with van der Waals surface area (Å²) in [6.45, 7) is 6.67. The van der Waals surface area contributed by atoms with Crippen LogP contribution in [-0.2, 0) is 14.5 Å². The maximum atomic E-state index is 16.7. The quantitative estimate of drug-likeness (QED) is 0.248. The molecule has 2 aliphatic heterocycles. The molecule has 6 rings (SSSR count). The minimum absolute atomic E-state index is 0.00663. The predicted molar refractivity (Wildman–Crippen MR) is 181 cm³/mol. The van der Waals surface area contributed by atoms with E-state index >= 15 is 4.39 Å². The lowest BCUT2D eigenvalue weighted by molar-refractivity contribution is 0.0501. The molecule has 2 aliphatic rings. The minimum Gasteiger partial charge on any atom is -0.508 e. The number of phenols is 1. The summed E-state index contributed by atoms with van der Waals surface area (Å²) in [5, 5.41) is 15.1. The number of carbonyl (C=O) groups excluding carboxylic acids is 1. The monoisotopic (exact) mass is 668 g/mol. The number of halogens is 2. The molecule has 3 aromatic carbocycles. The molecule has 0 unspecified atom stereocenters. The number of alkyl carbamates (subject to hydrolysis) is 1. The third-order valence-corrected chi connectivity index (χ3v) is 10.9. The molecule has 0 bridgehead atoms. The molecule has 13 heteroatoms. The van der Waals surface area contributed by atoms with Gasteiger partial charge in [0.15, 0.2) is 11.6 Å². The number of nitrogens with zero attached hydrogens (tertiary/aromatic N) is 5. The molecular formula is C33H38ClFN6O4S. The third-order valence-electron chi connectivity index (χ3n) is 8.39. The lowest BCUT2D eigenvalue weighted by Gasteiger charge is -2.42. The van der Waals surface area contributed by atoms with E-state index in [2.05, 4.69) is 19.6 Å². The molecule has 0 spiro atoms. The molecular weight excluding hydrogens is 631 g/mol. The van der Waals surface area contributed by atoms with Gasteiger partial charge in [-0.3, -0.25) is 0 Å². The third kappa shape index (κ3) is 6.56. The maximum Gasteiger partial charge on any atom is 0.407 e. The zero-order valence-corrected chi connectivity index (χ0v) is 28.1. The first-order valence-corrected chi connectivity index (χ1v) is 17.5. The zero-order chi connectivity index (χ0) is 33.0. The summed E-state index contributed by atoms with van der Waals surface area (Å²) in [6, 6.07) is 12.1. The van der Waals surface area contributed by atoms with Crippen LogP contribution in [0.15, 0.2) is 46.8 Å². The molecule has 2 N–H and O–H groups in total. The van der Waals surface area contributed by atoms with Crippen LogP contribution >= 0.6 is 11.6 Å². The molecule has 244 valence electrons. The van der Waals surface area contributed by atoms with Crippen molar-refractivity contribution in [2.24, 2.45) is 4.36 Å². The van der Waals surface area contributed by atoms with E-state index in [1.807, 2.05) is 43.3 Å². The van der Waals surface area contributed by atoms with E-state index in [0.29, 0.717) is 37.4 Å². The number of fused-ring (bicyclic) bond motifs is 2. The van der Waals surface area contributed by atoms with Gasteiger partial charge in [-0.15, -0.1) is 0 Å². The Hall–Kier alpha value is -3.74. The Morgan fingerprint density at radius 2 is 1.83 bits per heavy atom. The van der Waals surface area contributed by atoms with E-state index < -0.39 is 27.2 Å². The highest BCUT2D eigenvalue weighted by atomic mass is 35.5. The van der Waals surface area contributed by atoms with Crippen LogP contribution in [0.4, 0.5) is 21.0 Å². The Bertz CT molecular complexity index is 1950. The van der Waals surface area contributed by atoms with E-state index in [1.54, 1.807) is 32.9 Å². The molecule has 0 atom stereocenters. The Morgan fingerprint density at radius 1 is 1.13 bits per heavy atom. The van der Waals surface area contributed by atoms with E-state index in [9.17, 15) is 14.1 Å². The molecule has 46 heavy (non-hydrogen) atoms. The van der Waals surface area contributed by atoms with Crippen molar-refractivity contribution in [3.05, 3.63) is 53.3 Å². The van der Waals surface area contributed by atoms with Gasteiger partial charge in [0.2, 0.25) is 5.95 Å². The SMILES string of the molecule is CN(C)C1CN(c2nc(N=S3(=O)CCC(NC(=O)OC(C)(C)C)CC3)c3cc(Cl)c(-c4cc(O)cc5ccccc45)c(F)c3n2)C1. The van der Waals surface area contributed by atoms with E-state index in [4.69, 9.17) is 21.3 Å². The fourth-order valence-corrected chi connectivity index (χ4v) is 8.28. The van der Waals surface area contributed by atoms with Crippen LogP contribution in [0.5, 0.6) is 5.75 Å². The number of carbonyl (C=O) groups is 1. The fourth-order valence-electron chi connectivity index (χ4n) is 5.84. The number of anilines is 1. The molecule has 1 amide bonds. The first-order chi connectivity index (χ1) is 21.7. The Kier molecular flexibility index (Phi) is 8.49. The molecule has 2 saturated heterocycles. The number of likely N-dealkylation sites (N-methyl/N-ethyl adjacent to an activating group) is 1. The summed E-state index contributed by atoms with van der Waals surface area (Å²) in [6.07, 6.45) is 0.371. The number of aromatic hydroxyl groups is 1. The van der Waals surface area contributed by atoms with Crippen LogP contribution in [0.1, 0.15) is 33.6 Å². The van der Waals surface area contributed by atoms with Gasteiger partial charge in [0.05, 0.1) is 20.1 Å². The fraction of sp³-hybridized carbons (Fsp3) is 0.424. The summed E-state index contributed by atoms with van der Waals surface area (Å²) in [5.74, 6) is 0.162. The zero-order valence-electron chi connectivity index (χ0n) is 26.5.